The summed E-state index contributed by atoms with van der Waals surface area (Å²) in [4.78, 5) is 40.1. The Morgan fingerprint density at radius 1 is 0.973 bits per heavy atom. The number of carbonyl (C=O) groups is 2. The van der Waals surface area contributed by atoms with E-state index in [2.05, 4.69) is 5.32 Å². The number of benzene rings is 1. The Kier molecular flexibility index (Phi) is 8.68. The first-order valence-electron chi connectivity index (χ1n) is 13.1. The van der Waals surface area contributed by atoms with Gasteiger partial charge in [-0.1, -0.05) is 51.0 Å². The summed E-state index contributed by atoms with van der Waals surface area (Å²) in [6.07, 6.45) is 10.8. The molecular weight excluding hydrogens is 479 g/mol. The van der Waals surface area contributed by atoms with Gasteiger partial charge in [0.2, 0.25) is 5.43 Å². The van der Waals surface area contributed by atoms with Crippen molar-refractivity contribution in [3.05, 3.63) is 57.3 Å². The number of aromatic nitrogens is 1. The number of carbonyl (C=O) groups excluding carboxylic acids is 2. The quantitative estimate of drug-likeness (QED) is 0.558. The standard InChI is InChI=1S/C27H35FN4O5/c1-30-18-31-13-9-7-5-3-2-4-6-8-10-14-37-22-15-20(28)12-11-19(22)16-29-26(35)21-17-32(31)23(27(30)36)25(34)24(21)33/h11-12,15,17,34H,2-10,13-14,16,18H2,1H3,(H,29,35). The van der Waals surface area contributed by atoms with E-state index in [1.54, 1.807) is 7.05 Å². The van der Waals surface area contributed by atoms with Crippen molar-refractivity contribution in [2.75, 3.05) is 31.9 Å². The molecule has 37 heavy (non-hydrogen) atoms. The molecule has 2 bridgehead atoms. The Morgan fingerprint density at radius 2 is 1.65 bits per heavy atom. The molecule has 1 aromatic heterocycles. The molecule has 10 heteroatoms. The molecule has 0 saturated carbocycles. The topological polar surface area (TPSA) is 104 Å². The lowest BCUT2D eigenvalue weighted by atomic mass is 10.1. The van der Waals surface area contributed by atoms with Crippen LogP contribution in [0.25, 0.3) is 0 Å². The smallest absolute Gasteiger partial charge is 0.277 e. The largest absolute Gasteiger partial charge is 0.502 e. The summed E-state index contributed by atoms with van der Waals surface area (Å²) in [7, 11) is 1.61. The third kappa shape index (κ3) is 6.23. The van der Waals surface area contributed by atoms with Crippen molar-refractivity contribution >= 4 is 11.8 Å². The predicted octanol–water partition coefficient (Wildman–Crippen LogP) is 3.51. The van der Waals surface area contributed by atoms with E-state index in [9.17, 15) is 23.9 Å². The lowest BCUT2D eigenvalue weighted by Crippen LogP contribution is -2.53. The number of nitrogens with one attached hydrogen (secondary N) is 1. The maximum absolute atomic E-state index is 13.9. The minimum Gasteiger partial charge on any atom is -0.502 e. The SMILES string of the molecule is CN1CN2CCCCCCCCCCCOc3cc(F)ccc3CNC(=O)c3cn2c(c(O)c3=O)C1=O. The van der Waals surface area contributed by atoms with E-state index in [1.165, 1.54) is 46.8 Å². The van der Waals surface area contributed by atoms with E-state index >= 15 is 0 Å². The van der Waals surface area contributed by atoms with Crippen molar-refractivity contribution in [3.63, 3.8) is 0 Å². The zero-order valence-electron chi connectivity index (χ0n) is 21.3. The van der Waals surface area contributed by atoms with Crippen LogP contribution in [0.3, 0.4) is 0 Å². The van der Waals surface area contributed by atoms with E-state index in [1.807, 2.05) is 5.01 Å². The van der Waals surface area contributed by atoms with Crippen LogP contribution in [-0.2, 0) is 6.54 Å². The van der Waals surface area contributed by atoms with Crippen LogP contribution in [-0.4, -0.2) is 53.4 Å². The molecule has 2 aromatic rings. The summed E-state index contributed by atoms with van der Waals surface area (Å²) in [5.74, 6) is -2.04. The Bertz CT molecular complexity index is 1200. The molecule has 1 aromatic carbocycles. The van der Waals surface area contributed by atoms with Crippen LogP contribution in [0.5, 0.6) is 11.5 Å². The molecular formula is C27H35FN4O5. The maximum atomic E-state index is 13.9. The lowest BCUT2D eigenvalue weighted by Gasteiger charge is -2.38. The predicted molar refractivity (Wildman–Crippen MR) is 137 cm³/mol. The fourth-order valence-electron chi connectivity index (χ4n) is 4.81. The molecule has 0 unspecified atom stereocenters. The van der Waals surface area contributed by atoms with E-state index in [0.29, 0.717) is 24.5 Å². The molecule has 0 radical (unpaired) electrons. The zero-order chi connectivity index (χ0) is 26.4. The van der Waals surface area contributed by atoms with Crippen molar-refractivity contribution in [3.8, 4) is 11.5 Å². The van der Waals surface area contributed by atoms with Gasteiger partial charge in [0, 0.05) is 38.0 Å². The van der Waals surface area contributed by atoms with Crippen LogP contribution in [0.4, 0.5) is 4.39 Å². The van der Waals surface area contributed by atoms with Gasteiger partial charge in [-0.15, -0.1) is 0 Å². The second-order valence-corrected chi connectivity index (χ2v) is 9.75. The number of amides is 2. The van der Waals surface area contributed by atoms with Crippen LogP contribution in [0.2, 0.25) is 0 Å². The summed E-state index contributed by atoms with van der Waals surface area (Å²) < 4.78 is 21.1. The van der Waals surface area contributed by atoms with E-state index < -0.39 is 28.8 Å². The summed E-state index contributed by atoms with van der Waals surface area (Å²) in [6.45, 7) is 1.32. The van der Waals surface area contributed by atoms with Gasteiger partial charge in [0.1, 0.15) is 23.8 Å². The Hall–Kier alpha value is -3.56. The van der Waals surface area contributed by atoms with Crippen LogP contribution in [0.15, 0.2) is 29.2 Å². The minimum absolute atomic E-state index is 0.00177. The van der Waals surface area contributed by atoms with Crippen LogP contribution in [0, 0.1) is 5.82 Å². The Balaban J connectivity index is 1.63. The summed E-state index contributed by atoms with van der Waals surface area (Å²) in [5, 5.41) is 15.2. The molecule has 0 fully saturated rings. The van der Waals surface area contributed by atoms with Gasteiger partial charge in [-0.2, -0.15) is 0 Å². The lowest BCUT2D eigenvalue weighted by molar-refractivity contribution is 0.0730. The second kappa shape index (κ2) is 12.1. The van der Waals surface area contributed by atoms with Gasteiger partial charge in [0.05, 0.1) is 6.61 Å². The number of hydrogen-bond donors (Lipinski definition) is 2. The molecule has 2 amide bonds. The molecule has 0 aliphatic carbocycles. The summed E-state index contributed by atoms with van der Waals surface area (Å²) in [5.41, 5.74) is -0.773. The van der Waals surface area contributed by atoms with Gasteiger partial charge < -0.3 is 20.1 Å². The van der Waals surface area contributed by atoms with Crippen LogP contribution >= 0.6 is 0 Å². The number of halogens is 1. The van der Waals surface area contributed by atoms with E-state index in [4.69, 9.17) is 4.74 Å². The average Bonchev–Trinajstić information content (AvgIpc) is 2.87. The number of rotatable bonds is 0. The molecule has 0 atom stereocenters. The molecule has 3 heterocycles. The molecule has 200 valence electrons. The van der Waals surface area contributed by atoms with Gasteiger partial charge in [-0.3, -0.25) is 24.1 Å². The molecule has 2 N–H and O–H groups in total. The molecule has 4 rings (SSSR count). The van der Waals surface area contributed by atoms with Gasteiger partial charge in [0.15, 0.2) is 11.4 Å². The highest BCUT2D eigenvalue weighted by molar-refractivity contribution is 5.99. The molecule has 0 saturated heterocycles. The highest BCUT2D eigenvalue weighted by atomic mass is 19.1. The summed E-state index contributed by atoms with van der Waals surface area (Å²) in [6, 6.07) is 4.11. The maximum Gasteiger partial charge on any atom is 0.277 e. The number of fused-ring (bicyclic) bond motifs is 2. The van der Waals surface area contributed by atoms with Crippen molar-refractivity contribution in [2.45, 2.75) is 64.3 Å². The first-order valence-corrected chi connectivity index (χ1v) is 13.1. The van der Waals surface area contributed by atoms with E-state index in [0.717, 1.165) is 44.9 Å². The molecule has 2 aliphatic rings. The first-order chi connectivity index (χ1) is 17.9. The average molecular weight is 515 g/mol. The van der Waals surface area contributed by atoms with Gasteiger partial charge in [-0.05, 0) is 18.9 Å². The van der Waals surface area contributed by atoms with Crippen LogP contribution in [0.1, 0.15) is 84.2 Å². The van der Waals surface area contributed by atoms with Gasteiger partial charge >= 0.3 is 0 Å². The van der Waals surface area contributed by atoms with Crippen molar-refractivity contribution in [2.24, 2.45) is 0 Å². The van der Waals surface area contributed by atoms with Crippen LogP contribution < -0.4 is 20.5 Å². The molecule has 9 nitrogen and oxygen atoms in total. The molecule has 0 spiro atoms. The highest BCUT2D eigenvalue weighted by Gasteiger charge is 2.32. The number of nitrogens with zero attached hydrogens (tertiary/aromatic N) is 3. The van der Waals surface area contributed by atoms with Crippen molar-refractivity contribution in [1.29, 1.82) is 0 Å². The van der Waals surface area contributed by atoms with Gasteiger partial charge in [-0.25, -0.2) is 4.39 Å². The number of aromatic hydroxyl groups is 1. The minimum atomic E-state index is -0.915. The van der Waals surface area contributed by atoms with Crippen molar-refractivity contribution in [1.82, 2.24) is 14.9 Å². The monoisotopic (exact) mass is 514 g/mol. The third-order valence-electron chi connectivity index (χ3n) is 6.93. The number of pyridine rings is 1. The fourth-order valence-corrected chi connectivity index (χ4v) is 4.81. The first kappa shape index (κ1) is 26.5. The second-order valence-electron chi connectivity index (χ2n) is 9.75. The highest BCUT2D eigenvalue weighted by Crippen LogP contribution is 2.23. The molecule has 2 aliphatic heterocycles. The zero-order valence-corrected chi connectivity index (χ0v) is 21.3. The van der Waals surface area contributed by atoms with E-state index in [-0.39, 0.29) is 24.5 Å². The van der Waals surface area contributed by atoms with Crippen molar-refractivity contribution < 1.29 is 23.8 Å². The number of ether oxygens (including phenoxy) is 1. The fraction of sp³-hybridized carbons (Fsp3) is 0.519. The third-order valence-corrected chi connectivity index (χ3v) is 6.93. The van der Waals surface area contributed by atoms with Gasteiger partial charge in [0.25, 0.3) is 11.8 Å². The number of hydrogen-bond acceptors (Lipinski definition) is 6. The Labute approximate surface area is 215 Å². The normalized spacial score (nSPS) is 18.3. The summed E-state index contributed by atoms with van der Waals surface area (Å²) >= 11 is 0. The Morgan fingerprint density at radius 3 is 2.38 bits per heavy atom.